The third kappa shape index (κ3) is 3.80. The lowest BCUT2D eigenvalue weighted by Gasteiger charge is -2.28. The second kappa shape index (κ2) is 6.46. The van der Waals surface area contributed by atoms with Gasteiger partial charge in [0, 0.05) is 25.2 Å². The maximum atomic E-state index is 6.19. The smallest absolute Gasteiger partial charge is 0.0424 e. The molecule has 1 atom stereocenters. The molecule has 0 aliphatic heterocycles. The van der Waals surface area contributed by atoms with E-state index in [1.807, 2.05) is 24.3 Å². The molecule has 0 saturated carbocycles. The molecule has 0 bridgehead atoms. The van der Waals surface area contributed by atoms with Gasteiger partial charge in [-0.1, -0.05) is 36.4 Å². The molecule has 2 N–H and O–H groups in total. The lowest BCUT2D eigenvalue weighted by Crippen LogP contribution is -2.37. The average Bonchev–Trinajstić information content (AvgIpc) is 2.29. The monoisotopic (exact) mass is 218 g/mol. The van der Waals surface area contributed by atoms with Gasteiger partial charge in [-0.15, -0.1) is 6.58 Å². The van der Waals surface area contributed by atoms with Crippen molar-refractivity contribution in [3.05, 3.63) is 48.6 Å². The first kappa shape index (κ1) is 12.9. The summed E-state index contributed by atoms with van der Waals surface area (Å²) in [6.07, 6.45) is 1.93. The van der Waals surface area contributed by atoms with Crippen LogP contribution in [0.3, 0.4) is 0 Å². The molecule has 0 heterocycles. The molecular formula is C14H22N2. The van der Waals surface area contributed by atoms with Gasteiger partial charge in [-0.2, -0.15) is 0 Å². The van der Waals surface area contributed by atoms with E-state index >= 15 is 0 Å². The molecule has 1 aromatic carbocycles. The molecule has 0 amide bonds. The predicted molar refractivity (Wildman–Crippen MR) is 70.3 cm³/mol. The molecule has 0 radical (unpaired) electrons. The third-order valence-corrected chi connectivity index (χ3v) is 2.75. The van der Waals surface area contributed by atoms with Crippen LogP contribution in [-0.2, 0) is 0 Å². The molecule has 2 nitrogen and oxygen atoms in total. The van der Waals surface area contributed by atoms with Gasteiger partial charge < -0.3 is 5.73 Å². The van der Waals surface area contributed by atoms with Crippen molar-refractivity contribution < 1.29 is 0 Å². The van der Waals surface area contributed by atoms with Crippen LogP contribution < -0.4 is 5.73 Å². The van der Waals surface area contributed by atoms with Crippen LogP contribution >= 0.6 is 0 Å². The van der Waals surface area contributed by atoms with Gasteiger partial charge in [0.1, 0.15) is 0 Å². The van der Waals surface area contributed by atoms with Crippen LogP contribution in [0.4, 0.5) is 0 Å². The Bertz CT molecular complexity index is 306. The van der Waals surface area contributed by atoms with Gasteiger partial charge in [0.2, 0.25) is 0 Å². The van der Waals surface area contributed by atoms with Crippen LogP contribution in [0.15, 0.2) is 43.0 Å². The number of hydrogen-bond donors (Lipinski definition) is 1. The lowest BCUT2D eigenvalue weighted by molar-refractivity contribution is 0.231. The highest BCUT2D eigenvalue weighted by Gasteiger charge is 2.13. The molecule has 0 spiro atoms. The average molecular weight is 218 g/mol. The van der Waals surface area contributed by atoms with Crippen molar-refractivity contribution in [3.63, 3.8) is 0 Å². The van der Waals surface area contributed by atoms with E-state index in [9.17, 15) is 0 Å². The van der Waals surface area contributed by atoms with E-state index in [0.717, 1.165) is 13.1 Å². The van der Waals surface area contributed by atoms with Crippen molar-refractivity contribution in [2.45, 2.75) is 25.9 Å². The Labute approximate surface area is 98.8 Å². The van der Waals surface area contributed by atoms with E-state index in [4.69, 9.17) is 5.73 Å². The first-order valence-electron chi connectivity index (χ1n) is 5.80. The fraction of sp³-hybridized carbons (Fsp3) is 0.429. The minimum Gasteiger partial charge on any atom is -0.323 e. The maximum absolute atomic E-state index is 6.19. The van der Waals surface area contributed by atoms with E-state index in [1.165, 1.54) is 5.56 Å². The minimum absolute atomic E-state index is 0.0727. The van der Waals surface area contributed by atoms with Crippen LogP contribution in [0.5, 0.6) is 0 Å². The van der Waals surface area contributed by atoms with E-state index in [-0.39, 0.29) is 6.04 Å². The topological polar surface area (TPSA) is 29.3 Å². The summed E-state index contributed by atoms with van der Waals surface area (Å²) in [5.74, 6) is 0. The number of hydrogen-bond acceptors (Lipinski definition) is 2. The Morgan fingerprint density at radius 1 is 1.31 bits per heavy atom. The molecule has 0 aliphatic rings. The third-order valence-electron chi connectivity index (χ3n) is 2.75. The van der Waals surface area contributed by atoms with E-state index < -0.39 is 0 Å². The first-order chi connectivity index (χ1) is 7.65. The summed E-state index contributed by atoms with van der Waals surface area (Å²) < 4.78 is 0. The van der Waals surface area contributed by atoms with Gasteiger partial charge in [-0.05, 0) is 19.4 Å². The molecule has 1 aromatic rings. The summed E-state index contributed by atoms with van der Waals surface area (Å²) in [6.45, 7) is 9.90. The highest BCUT2D eigenvalue weighted by atomic mass is 15.2. The van der Waals surface area contributed by atoms with Crippen molar-refractivity contribution in [2.75, 3.05) is 13.1 Å². The van der Waals surface area contributed by atoms with Gasteiger partial charge in [0.25, 0.3) is 0 Å². The van der Waals surface area contributed by atoms with Crippen molar-refractivity contribution in [2.24, 2.45) is 5.73 Å². The zero-order valence-corrected chi connectivity index (χ0v) is 10.3. The Morgan fingerprint density at radius 3 is 2.44 bits per heavy atom. The molecule has 1 rings (SSSR count). The van der Waals surface area contributed by atoms with Gasteiger partial charge in [0.15, 0.2) is 0 Å². The Kier molecular flexibility index (Phi) is 5.23. The summed E-state index contributed by atoms with van der Waals surface area (Å²) in [6, 6.07) is 10.8. The van der Waals surface area contributed by atoms with E-state index in [1.54, 1.807) is 0 Å². The summed E-state index contributed by atoms with van der Waals surface area (Å²) >= 11 is 0. The zero-order chi connectivity index (χ0) is 12.0. The molecule has 1 unspecified atom stereocenters. The first-order valence-corrected chi connectivity index (χ1v) is 5.80. The predicted octanol–water partition coefficient (Wildman–Crippen LogP) is 2.58. The summed E-state index contributed by atoms with van der Waals surface area (Å²) in [5, 5.41) is 0. The molecule has 88 valence electrons. The van der Waals surface area contributed by atoms with Crippen molar-refractivity contribution in [1.29, 1.82) is 0 Å². The van der Waals surface area contributed by atoms with Gasteiger partial charge in [-0.3, -0.25) is 4.90 Å². The van der Waals surface area contributed by atoms with Crippen LogP contribution in [0.2, 0.25) is 0 Å². The zero-order valence-electron chi connectivity index (χ0n) is 10.3. The highest BCUT2D eigenvalue weighted by Crippen LogP contribution is 2.12. The van der Waals surface area contributed by atoms with Crippen LogP contribution in [-0.4, -0.2) is 24.0 Å². The Morgan fingerprint density at radius 2 is 1.94 bits per heavy atom. The fourth-order valence-electron chi connectivity index (χ4n) is 1.72. The van der Waals surface area contributed by atoms with Crippen LogP contribution in [0, 0.1) is 0 Å². The largest absolute Gasteiger partial charge is 0.323 e. The quantitative estimate of drug-likeness (QED) is 0.744. The molecule has 0 saturated heterocycles. The SMILES string of the molecule is C=CCN(CC(N)c1ccccc1)C(C)C. The summed E-state index contributed by atoms with van der Waals surface area (Å²) in [5.41, 5.74) is 7.38. The molecular weight excluding hydrogens is 196 g/mol. The number of nitrogens with two attached hydrogens (primary N) is 1. The van der Waals surface area contributed by atoms with Crippen LogP contribution in [0.1, 0.15) is 25.5 Å². The lowest BCUT2D eigenvalue weighted by atomic mass is 10.1. The molecule has 0 aromatic heterocycles. The maximum Gasteiger partial charge on any atom is 0.0424 e. The van der Waals surface area contributed by atoms with Gasteiger partial charge in [-0.25, -0.2) is 0 Å². The fourth-order valence-corrected chi connectivity index (χ4v) is 1.72. The molecule has 2 heteroatoms. The van der Waals surface area contributed by atoms with Gasteiger partial charge in [0.05, 0.1) is 0 Å². The van der Waals surface area contributed by atoms with Crippen molar-refractivity contribution >= 4 is 0 Å². The minimum atomic E-state index is 0.0727. The Hall–Kier alpha value is -1.12. The van der Waals surface area contributed by atoms with Crippen LogP contribution in [0.25, 0.3) is 0 Å². The van der Waals surface area contributed by atoms with Crippen molar-refractivity contribution in [1.82, 2.24) is 4.90 Å². The summed E-state index contributed by atoms with van der Waals surface area (Å²) in [4.78, 5) is 2.32. The standard InChI is InChI=1S/C14H22N2/c1-4-10-16(12(2)3)11-14(15)13-8-6-5-7-9-13/h4-9,12,14H,1,10-11,15H2,2-3H3. The highest BCUT2D eigenvalue weighted by molar-refractivity contribution is 5.18. The number of benzene rings is 1. The molecule has 0 aliphatic carbocycles. The van der Waals surface area contributed by atoms with Gasteiger partial charge >= 0.3 is 0 Å². The Balaban J connectivity index is 2.61. The van der Waals surface area contributed by atoms with E-state index in [0.29, 0.717) is 6.04 Å². The normalized spacial score (nSPS) is 13.1. The van der Waals surface area contributed by atoms with Crippen molar-refractivity contribution in [3.8, 4) is 0 Å². The number of rotatable bonds is 6. The van der Waals surface area contributed by atoms with E-state index in [2.05, 4.69) is 37.5 Å². The molecule has 0 fully saturated rings. The second-order valence-corrected chi connectivity index (χ2v) is 4.35. The number of nitrogens with zero attached hydrogens (tertiary/aromatic N) is 1. The molecule has 16 heavy (non-hydrogen) atoms. The second-order valence-electron chi connectivity index (χ2n) is 4.35. The summed E-state index contributed by atoms with van der Waals surface area (Å²) in [7, 11) is 0.